The number of thioether (sulfide) groups is 3. The number of hydrogen-bond donors (Lipinski definition) is 0. The van der Waals surface area contributed by atoms with Gasteiger partial charge in [0.05, 0.1) is 19.8 Å². The Morgan fingerprint density at radius 2 is 0.698 bits per heavy atom. The minimum absolute atomic E-state index is 0.662. The normalized spacial score (nSPS) is 11.0. The van der Waals surface area contributed by atoms with Crippen LogP contribution in [-0.4, -0.2) is 64.2 Å². The van der Waals surface area contributed by atoms with Gasteiger partial charge in [0.2, 0.25) is 0 Å². The molecule has 0 amide bonds. The van der Waals surface area contributed by atoms with Crippen molar-refractivity contribution in [3.05, 3.63) is 72.8 Å². The van der Waals surface area contributed by atoms with E-state index in [1.165, 1.54) is 0 Å². The highest BCUT2D eigenvalue weighted by atomic mass is 32.2. The molecule has 3 aromatic rings. The predicted octanol–water partition coefficient (Wildman–Crippen LogP) is 8.76. The Hall–Kier alpha value is -1.95. The second-order valence-electron chi connectivity index (χ2n) is 9.44. The molecule has 0 spiro atoms. The first kappa shape index (κ1) is 35.5. The lowest BCUT2D eigenvalue weighted by Crippen LogP contribution is -2.36. The van der Waals surface area contributed by atoms with Crippen molar-refractivity contribution in [3.8, 4) is 17.2 Å². The second-order valence-corrected chi connectivity index (χ2v) is 12.9. The summed E-state index contributed by atoms with van der Waals surface area (Å²) in [4.78, 5) is 3.48. The zero-order chi connectivity index (χ0) is 30.4. The molecule has 6 nitrogen and oxygen atoms in total. The van der Waals surface area contributed by atoms with Gasteiger partial charge in [-0.1, -0.05) is 20.8 Å². The van der Waals surface area contributed by atoms with E-state index in [0.29, 0.717) is 17.2 Å². The van der Waals surface area contributed by atoms with Crippen molar-refractivity contribution < 1.29 is 28.2 Å². The van der Waals surface area contributed by atoms with Gasteiger partial charge in [0, 0.05) is 51.8 Å². The third-order valence-electron chi connectivity index (χ3n) is 5.70. The fourth-order valence-electron chi connectivity index (χ4n) is 3.64. The second kappa shape index (κ2) is 22.5. The highest BCUT2D eigenvalue weighted by molar-refractivity contribution is 7.99. The maximum absolute atomic E-state index is 6.18. The monoisotopic (exact) mass is 644 g/mol. The van der Waals surface area contributed by atoms with E-state index in [1.807, 2.05) is 72.8 Å². The molecule has 0 fully saturated rings. The molecule has 0 heterocycles. The lowest BCUT2D eigenvalue weighted by atomic mass is 10.2. The number of ether oxygens (including phenoxy) is 3. The summed E-state index contributed by atoms with van der Waals surface area (Å²) in [5.41, 5.74) is 0. The number of rotatable bonds is 24. The highest BCUT2D eigenvalue weighted by Gasteiger charge is 2.30. The van der Waals surface area contributed by atoms with E-state index in [-0.39, 0.29) is 0 Å². The molecule has 0 saturated carbocycles. The van der Waals surface area contributed by atoms with Gasteiger partial charge in [0.15, 0.2) is 0 Å². The quantitative estimate of drug-likeness (QED) is 0.0541. The Morgan fingerprint density at radius 1 is 0.419 bits per heavy atom. The summed E-state index contributed by atoms with van der Waals surface area (Å²) in [5, 5.41) is 0. The molecule has 10 heteroatoms. The van der Waals surface area contributed by atoms with E-state index in [1.54, 1.807) is 35.3 Å². The summed E-state index contributed by atoms with van der Waals surface area (Å²) < 4.78 is 35.3. The smallest absolute Gasteiger partial charge is 0.490 e. The van der Waals surface area contributed by atoms with Crippen LogP contribution in [0.2, 0.25) is 0 Å². The van der Waals surface area contributed by atoms with Crippen LogP contribution in [0.5, 0.6) is 17.2 Å². The Labute approximate surface area is 271 Å². The summed E-state index contributed by atoms with van der Waals surface area (Å²) in [7, 11) is -0.970. The van der Waals surface area contributed by atoms with Gasteiger partial charge in [-0.05, 0) is 92.1 Å². The highest BCUT2D eigenvalue weighted by Crippen LogP contribution is 2.26. The first-order valence-electron chi connectivity index (χ1n) is 15.1. The molecule has 0 aromatic heterocycles. The van der Waals surface area contributed by atoms with Crippen molar-refractivity contribution in [1.82, 2.24) is 0 Å². The number of hydrogen-bond acceptors (Lipinski definition) is 9. The van der Waals surface area contributed by atoms with Crippen molar-refractivity contribution in [2.24, 2.45) is 0 Å². The van der Waals surface area contributed by atoms with Crippen LogP contribution >= 0.6 is 35.3 Å². The van der Waals surface area contributed by atoms with E-state index in [9.17, 15) is 0 Å². The molecule has 0 aliphatic carbocycles. The molecule has 0 N–H and O–H groups in total. The molecule has 43 heavy (non-hydrogen) atoms. The van der Waals surface area contributed by atoms with Gasteiger partial charge in [-0.15, -0.1) is 35.3 Å². The lowest BCUT2D eigenvalue weighted by molar-refractivity contribution is 0.150. The topological polar surface area (TPSA) is 55.4 Å². The third-order valence-corrected chi connectivity index (χ3v) is 8.63. The first-order valence-corrected chi connectivity index (χ1v) is 18.1. The molecule has 0 radical (unpaired) electrons. The Balaban J connectivity index is 1.59. The van der Waals surface area contributed by atoms with E-state index >= 15 is 0 Å². The van der Waals surface area contributed by atoms with Crippen molar-refractivity contribution in [2.45, 2.75) is 54.7 Å². The van der Waals surface area contributed by atoms with Crippen LogP contribution in [-0.2, 0) is 14.2 Å². The summed E-state index contributed by atoms with van der Waals surface area (Å²) in [5.74, 6) is 4.72. The summed E-state index contributed by atoms with van der Waals surface area (Å²) in [6.07, 6.45) is 3.12. The van der Waals surface area contributed by atoms with E-state index < -0.39 is 7.32 Å². The molecular formula is C33H45BO6S3. The molecule has 3 aromatic carbocycles. The molecule has 0 aliphatic rings. The molecular weight excluding hydrogens is 599 g/mol. The van der Waals surface area contributed by atoms with E-state index in [0.717, 1.165) is 90.8 Å². The van der Waals surface area contributed by atoms with Crippen LogP contribution < -0.4 is 14.0 Å². The van der Waals surface area contributed by atoms with Crippen molar-refractivity contribution in [2.75, 3.05) is 56.9 Å². The van der Waals surface area contributed by atoms with Crippen LogP contribution in [0.4, 0.5) is 0 Å². The SMILES string of the molecule is CCCOCCSc1ccc(OB(Oc2ccc(SCCOCCC)cc2)Oc2ccc(SCCOCCC)cc2)cc1. The fraction of sp³-hybridized carbons (Fsp3) is 0.455. The maximum atomic E-state index is 6.18. The lowest BCUT2D eigenvalue weighted by Gasteiger charge is -2.17. The Bertz CT molecular complexity index is 962. The molecule has 234 valence electrons. The summed E-state index contributed by atoms with van der Waals surface area (Å²) in [6.45, 7) is 11.0. The molecule has 0 atom stereocenters. The average molecular weight is 645 g/mol. The molecule has 0 bridgehead atoms. The van der Waals surface area contributed by atoms with Crippen LogP contribution in [0.25, 0.3) is 0 Å². The van der Waals surface area contributed by atoms with Gasteiger partial charge in [-0.2, -0.15) is 0 Å². The molecule has 0 saturated heterocycles. The molecule has 0 aliphatic heterocycles. The van der Waals surface area contributed by atoms with Gasteiger partial charge in [-0.25, -0.2) is 0 Å². The number of benzene rings is 3. The van der Waals surface area contributed by atoms with Crippen LogP contribution in [0, 0.1) is 0 Å². The van der Waals surface area contributed by atoms with Gasteiger partial charge >= 0.3 is 7.32 Å². The Morgan fingerprint density at radius 3 is 0.953 bits per heavy atom. The van der Waals surface area contributed by atoms with E-state index in [4.69, 9.17) is 28.2 Å². The summed E-state index contributed by atoms with van der Waals surface area (Å²) >= 11 is 5.29. The Kier molecular flexibility index (Phi) is 18.6. The zero-order valence-corrected chi connectivity index (χ0v) is 28.1. The van der Waals surface area contributed by atoms with Crippen LogP contribution in [0.15, 0.2) is 87.5 Å². The predicted molar refractivity (Wildman–Crippen MR) is 182 cm³/mol. The third kappa shape index (κ3) is 15.6. The molecule has 0 unspecified atom stereocenters. The van der Waals surface area contributed by atoms with Crippen molar-refractivity contribution >= 4 is 42.6 Å². The van der Waals surface area contributed by atoms with Crippen molar-refractivity contribution in [1.29, 1.82) is 0 Å². The average Bonchev–Trinajstić information content (AvgIpc) is 3.03. The van der Waals surface area contributed by atoms with Gasteiger partial charge in [0.1, 0.15) is 17.2 Å². The van der Waals surface area contributed by atoms with E-state index in [2.05, 4.69) is 20.8 Å². The van der Waals surface area contributed by atoms with Crippen LogP contribution in [0.3, 0.4) is 0 Å². The molecule has 3 rings (SSSR count). The van der Waals surface area contributed by atoms with Crippen LogP contribution in [0.1, 0.15) is 40.0 Å². The fourth-order valence-corrected chi connectivity index (χ4v) is 5.94. The van der Waals surface area contributed by atoms with Crippen molar-refractivity contribution in [3.63, 3.8) is 0 Å². The zero-order valence-electron chi connectivity index (χ0n) is 25.7. The van der Waals surface area contributed by atoms with Gasteiger partial charge < -0.3 is 28.2 Å². The van der Waals surface area contributed by atoms with Gasteiger partial charge in [-0.3, -0.25) is 0 Å². The first-order chi connectivity index (χ1) is 21.2. The van der Waals surface area contributed by atoms with Gasteiger partial charge in [0.25, 0.3) is 0 Å². The minimum atomic E-state index is -0.970. The maximum Gasteiger partial charge on any atom is 0.864 e. The summed E-state index contributed by atoms with van der Waals surface area (Å²) in [6, 6.07) is 23.9. The minimum Gasteiger partial charge on any atom is -0.490 e. The largest absolute Gasteiger partial charge is 0.864 e. The standard InChI is InChI=1S/C33H45BO6S3/c1-4-19-35-22-25-41-31-13-7-28(8-14-31)38-34(39-29-9-15-32(16-10-29)42-26-23-36-20-5-2)40-30-11-17-33(18-12-30)43-27-24-37-21-6-3/h7-18H,4-6,19-27H2,1-3H3.